The molecule has 0 aromatic heterocycles. The SMILES string of the molecule is C=C/C(=C\C)C1CC(=O)Oc2ccccc21. The van der Waals surface area contributed by atoms with E-state index in [4.69, 9.17) is 4.74 Å². The zero-order valence-corrected chi connectivity index (χ0v) is 9.27. The van der Waals surface area contributed by atoms with Gasteiger partial charge < -0.3 is 4.74 Å². The number of carbonyl (C=O) groups is 1. The number of ether oxygens (including phenoxy) is 1. The molecule has 1 unspecified atom stereocenters. The Balaban J connectivity index is 2.48. The smallest absolute Gasteiger partial charge is 0.312 e. The minimum atomic E-state index is -0.176. The summed E-state index contributed by atoms with van der Waals surface area (Å²) in [7, 11) is 0. The number of hydrogen-bond donors (Lipinski definition) is 0. The predicted octanol–water partition coefficient (Wildman–Crippen LogP) is 3.21. The number of benzene rings is 1. The van der Waals surface area contributed by atoms with E-state index in [0.29, 0.717) is 12.2 Å². The van der Waals surface area contributed by atoms with Gasteiger partial charge in [-0.05, 0) is 18.6 Å². The maximum atomic E-state index is 11.5. The molecule has 1 aliphatic heterocycles. The second-order valence-corrected chi connectivity index (χ2v) is 3.76. The van der Waals surface area contributed by atoms with Gasteiger partial charge in [-0.1, -0.05) is 36.9 Å². The van der Waals surface area contributed by atoms with Crippen molar-refractivity contribution < 1.29 is 9.53 Å². The molecule has 0 bridgehead atoms. The molecule has 2 heteroatoms. The highest BCUT2D eigenvalue weighted by atomic mass is 16.5. The Hall–Kier alpha value is -1.83. The van der Waals surface area contributed by atoms with Gasteiger partial charge in [-0.25, -0.2) is 0 Å². The molecule has 2 nitrogen and oxygen atoms in total. The van der Waals surface area contributed by atoms with Crippen LogP contribution in [0.2, 0.25) is 0 Å². The molecule has 0 saturated carbocycles. The van der Waals surface area contributed by atoms with Crippen LogP contribution < -0.4 is 4.74 Å². The lowest BCUT2D eigenvalue weighted by molar-refractivity contribution is -0.135. The van der Waals surface area contributed by atoms with Crippen molar-refractivity contribution in [2.24, 2.45) is 0 Å². The minimum absolute atomic E-state index is 0.0833. The third kappa shape index (κ3) is 1.78. The molecule has 1 aromatic carbocycles. The molecule has 1 atom stereocenters. The van der Waals surface area contributed by atoms with Crippen LogP contribution in [-0.4, -0.2) is 5.97 Å². The van der Waals surface area contributed by atoms with Crippen LogP contribution in [0, 0.1) is 0 Å². The Bertz CT molecular complexity index is 458. The number of allylic oxidation sites excluding steroid dienone is 3. The molecular formula is C14H14O2. The molecule has 0 spiro atoms. The van der Waals surface area contributed by atoms with Crippen molar-refractivity contribution in [1.82, 2.24) is 0 Å². The fraction of sp³-hybridized carbons (Fsp3) is 0.214. The van der Waals surface area contributed by atoms with Gasteiger partial charge in [0, 0.05) is 11.5 Å². The van der Waals surface area contributed by atoms with E-state index >= 15 is 0 Å². The van der Waals surface area contributed by atoms with Crippen LogP contribution in [-0.2, 0) is 4.79 Å². The summed E-state index contributed by atoms with van der Waals surface area (Å²) in [6.07, 6.45) is 4.19. The zero-order valence-electron chi connectivity index (χ0n) is 9.27. The van der Waals surface area contributed by atoms with Gasteiger partial charge in [-0.15, -0.1) is 0 Å². The summed E-state index contributed by atoms with van der Waals surface area (Å²) in [5.74, 6) is 0.579. The van der Waals surface area contributed by atoms with Crippen LogP contribution >= 0.6 is 0 Å². The van der Waals surface area contributed by atoms with E-state index in [1.807, 2.05) is 37.3 Å². The first-order valence-corrected chi connectivity index (χ1v) is 5.34. The van der Waals surface area contributed by atoms with Crippen molar-refractivity contribution in [3.8, 4) is 5.75 Å². The number of rotatable bonds is 2. The number of carbonyl (C=O) groups excluding carboxylic acids is 1. The van der Waals surface area contributed by atoms with Gasteiger partial charge in [0.05, 0.1) is 6.42 Å². The highest BCUT2D eigenvalue weighted by molar-refractivity contribution is 5.77. The number of esters is 1. The van der Waals surface area contributed by atoms with Crippen LogP contribution in [0.3, 0.4) is 0 Å². The first-order valence-electron chi connectivity index (χ1n) is 5.34. The van der Waals surface area contributed by atoms with Gasteiger partial charge in [0.2, 0.25) is 0 Å². The maximum absolute atomic E-state index is 11.5. The molecular weight excluding hydrogens is 200 g/mol. The lowest BCUT2D eigenvalue weighted by Crippen LogP contribution is -2.20. The molecule has 0 fully saturated rings. The Morgan fingerprint density at radius 2 is 2.25 bits per heavy atom. The van der Waals surface area contributed by atoms with Crippen LogP contribution in [0.15, 0.2) is 48.6 Å². The quantitative estimate of drug-likeness (QED) is 0.429. The van der Waals surface area contributed by atoms with Crippen LogP contribution in [0.25, 0.3) is 0 Å². The summed E-state index contributed by atoms with van der Waals surface area (Å²) in [5, 5.41) is 0. The van der Waals surface area contributed by atoms with Crippen LogP contribution in [0.1, 0.15) is 24.8 Å². The first-order chi connectivity index (χ1) is 7.76. The van der Waals surface area contributed by atoms with Crippen molar-refractivity contribution in [3.05, 3.63) is 54.1 Å². The third-order valence-electron chi connectivity index (χ3n) is 2.86. The van der Waals surface area contributed by atoms with Gasteiger partial charge in [0.15, 0.2) is 0 Å². The van der Waals surface area contributed by atoms with Crippen molar-refractivity contribution >= 4 is 5.97 Å². The summed E-state index contributed by atoms with van der Waals surface area (Å²) < 4.78 is 5.20. The van der Waals surface area contributed by atoms with Gasteiger partial charge in [-0.2, -0.15) is 0 Å². The molecule has 1 aromatic rings. The van der Waals surface area contributed by atoms with Crippen LogP contribution in [0.4, 0.5) is 0 Å². The van der Waals surface area contributed by atoms with Crippen LogP contribution in [0.5, 0.6) is 5.75 Å². The highest BCUT2D eigenvalue weighted by Crippen LogP contribution is 2.38. The fourth-order valence-corrected chi connectivity index (χ4v) is 2.06. The molecule has 0 N–H and O–H groups in total. The van der Waals surface area contributed by atoms with Gasteiger partial charge in [0.1, 0.15) is 5.75 Å². The molecule has 1 heterocycles. The van der Waals surface area contributed by atoms with Crippen molar-refractivity contribution in [2.75, 3.05) is 0 Å². The lowest BCUT2D eigenvalue weighted by atomic mass is 9.86. The van der Waals surface area contributed by atoms with E-state index in [1.165, 1.54) is 0 Å². The first kappa shape index (κ1) is 10.7. The number of fused-ring (bicyclic) bond motifs is 1. The standard InChI is InChI=1S/C14H14O2/c1-3-10(4-2)12-9-14(15)16-13-8-6-5-7-11(12)13/h3-8,12H,1,9H2,2H3/b10-4+. The molecule has 0 saturated heterocycles. The number of hydrogen-bond acceptors (Lipinski definition) is 2. The summed E-state index contributed by atoms with van der Waals surface area (Å²) in [6, 6.07) is 7.66. The van der Waals surface area contributed by atoms with Crippen molar-refractivity contribution in [3.63, 3.8) is 0 Å². The molecule has 16 heavy (non-hydrogen) atoms. The second-order valence-electron chi connectivity index (χ2n) is 3.76. The minimum Gasteiger partial charge on any atom is -0.426 e. The van der Waals surface area contributed by atoms with E-state index in [1.54, 1.807) is 6.08 Å². The van der Waals surface area contributed by atoms with E-state index in [0.717, 1.165) is 11.1 Å². The average molecular weight is 214 g/mol. The van der Waals surface area contributed by atoms with Gasteiger partial charge >= 0.3 is 5.97 Å². The summed E-state index contributed by atoms with van der Waals surface area (Å²) in [5.41, 5.74) is 2.14. The third-order valence-corrected chi connectivity index (χ3v) is 2.86. The largest absolute Gasteiger partial charge is 0.426 e. The Labute approximate surface area is 95.2 Å². The Kier molecular flexibility index (Phi) is 2.91. The van der Waals surface area contributed by atoms with Gasteiger partial charge in [-0.3, -0.25) is 4.79 Å². The topological polar surface area (TPSA) is 26.3 Å². The fourth-order valence-electron chi connectivity index (χ4n) is 2.06. The van der Waals surface area contributed by atoms with Crippen molar-refractivity contribution in [2.45, 2.75) is 19.3 Å². The second kappa shape index (κ2) is 4.35. The molecule has 0 radical (unpaired) electrons. The van der Waals surface area contributed by atoms with E-state index in [9.17, 15) is 4.79 Å². The Morgan fingerprint density at radius 1 is 1.50 bits per heavy atom. The maximum Gasteiger partial charge on any atom is 0.312 e. The van der Waals surface area contributed by atoms with Crippen molar-refractivity contribution in [1.29, 1.82) is 0 Å². The predicted molar refractivity (Wildman–Crippen MR) is 63.4 cm³/mol. The summed E-state index contributed by atoms with van der Waals surface area (Å²) in [4.78, 5) is 11.5. The molecule has 0 amide bonds. The monoisotopic (exact) mass is 214 g/mol. The summed E-state index contributed by atoms with van der Waals surface area (Å²) in [6.45, 7) is 5.74. The lowest BCUT2D eigenvalue weighted by Gasteiger charge is -2.25. The van der Waals surface area contributed by atoms with E-state index in [2.05, 4.69) is 6.58 Å². The van der Waals surface area contributed by atoms with Gasteiger partial charge in [0.25, 0.3) is 0 Å². The summed E-state index contributed by atoms with van der Waals surface area (Å²) >= 11 is 0. The molecule has 0 aliphatic carbocycles. The molecule has 1 aliphatic rings. The highest BCUT2D eigenvalue weighted by Gasteiger charge is 2.27. The number of para-hydroxylation sites is 1. The normalized spacial score (nSPS) is 19.9. The van der Waals surface area contributed by atoms with E-state index < -0.39 is 0 Å². The Morgan fingerprint density at radius 3 is 2.94 bits per heavy atom. The molecule has 2 rings (SSSR count). The average Bonchev–Trinajstić information content (AvgIpc) is 2.30. The zero-order chi connectivity index (χ0) is 11.5. The molecule has 82 valence electrons. The van der Waals surface area contributed by atoms with E-state index in [-0.39, 0.29) is 11.9 Å².